The molecule has 1 aliphatic rings. The molecule has 2 unspecified atom stereocenters. The van der Waals surface area contributed by atoms with Crippen LogP contribution in [0.2, 0.25) is 0 Å². The van der Waals surface area contributed by atoms with Crippen LogP contribution in [0.25, 0.3) is 0 Å². The molecular formula is C7H9N. The first-order valence-corrected chi connectivity index (χ1v) is 2.80. The molecule has 0 aromatic rings. The van der Waals surface area contributed by atoms with Crippen molar-refractivity contribution in [3.05, 3.63) is 12.2 Å². The monoisotopic (exact) mass is 107 g/mol. The number of hydrogen-bond acceptors (Lipinski definition) is 1. The fourth-order valence-electron chi connectivity index (χ4n) is 0.882. The van der Waals surface area contributed by atoms with Crippen LogP contribution in [0.4, 0.5) is 0 Å². The number of hydrogen-bond donors (Lipinski definition) is 0. The predicted molar refractivity (Wildman–Crippen MR) is 32.0 cm³/mol. The van der Waals surface area contributed by atoms with Gasteiger partial charge in [0, 0.05) is 0 Å². The fourth-order valence-corrected chi connectivity index (χ4v) is 0.882. The molecule has 0 bridgehead atoms. The summed E-state index contributed by atoms with van der Waals surface area (Å²) in [5.74, 6) is 0.826. The molecule has 1 nitrogen and oxygen atoms in total. The van der Waals surface area contributed by atoms with Crippen molar-refractivity contribution in [3.8, 4) is 6.07 Å². The first kappa shape index (κ1) is 5.37. The van der Waals surface area contributed by atoms with E-state index in [1.807, 2.05) is 6.92 Å². The van der Waals surface area contributed by atoms with Crippen LogP contribution in [-0.4, -0.2) is 0 Å². The molecule has 0 aliphatic heterocycles. The van der Waals surface area contributed by atoms with E-state index in [0.717, 1.165) is 12.0 Å². The number of nitrogens with zero attached hydrogens (tertiary/aromatic N) is 1. The third-order valence-electron chi connectivity index (χ3n) is 1.59. The van der Waals surface area contributed by atoms with E-state index in [-0.39, 0.29) is 0 Å². The quantitative estimate of drug-likeness (QED) is 0.468. The normalized spacial score (nSPS) is 33.5. The maximum atomic E-state index is 8.33. The zero-order valence-electron chi connectivity index (χ0n) is 5.02. The Labute approximate surface area is 49.6 Å². The van der Waals surface area contributed by atoms with E-state index in [1.165, 1.54) is 0 Å². The van der Waals surface area contributed by atoms with Crippen molar-refractivity contribution >= 4 is 0 Å². The maximum Gasteiger partial charge on any atom is 0.0662 e. The lowest BCUT2D eigenvalue weighted by Crippen LogP contribution is -1.77. The van der Waals surface area contributed by atoms with Crippen molar-refractivity contribution in [1.82, 2.24) is 0 Å². The predicted octanol–water partition coefficient (Wildman–Crippen LogP) is 1.72. The van der Waals surface area contributed by atoms with E-state index in [9.17, 15) is 0 Å². The third kappa shape index (κ3) is 0.742. The average Bonchev–Trinajstić information content (AvgIpc) is 2.42. The van der Waals surface area contributed by atoms with E-state index < -0.39 is 0 Å². The van der Waals surface area contributed by atoms with Gasteiger partial charge in [-0.3, -0.25) is 0 Å². The van der Waals surface area contributed by atoms with Gasteiger partial charge in [0.25, 0.3) is 0 Å². The van der Waals surface area contributed by atoms with Gasteiger partial charge in [0.2, 0.25) is 0 Å². The molecule has 0 aromatic carbocycles. The van der Waals surface area contributed by atoms with Gasteiger partial charge in [-0.05, 0) is 19.3 Å². The minimum atomic E-state index is 0.299. The van der Waals surface area contributed by atoms with Crippen LogP contribution >= 0.6 is 0 Å². The molecule has 0 N–H and O–H groups in total. The Morgan fingerprint density at radius 2 is 2.50 bits per heavy atom. The van der Waals surface area contributed by atoms with Gasteiger partial charge in [0.15, 0.2) is 0 Å². The minimum Gasteiger partial charge on any atom is -0.198 e. The number of nitriles is 1. The molecule has 1 aliphatic carbocycles. The van der Waals surface area contributed by atoms with E-state index in [1.54, 1.807) is 0 Å². The highest BCUT2D eigenvalue weighted by molar-refractivity contribution is 5.15. The fraction of sp³-hybridized carbons (Fsp3) is 0.571. The standard InChI is InChI=1S/C7H9N/c1-5(2)7-3-6(7)4-8/h6-7H,1,3H2,2H3. The topological polar surface area (TPSA) is 23.8 Å². The zero-order valence-corrected chi connectivity index (χ0v) is 5.02. The van der Waals surface area contributed by atoms with Gasteiger partial charge in [0.1, 0.15) is 0 Å². The minimum absolute atomic E-state index is 0.299. The van der Waals surface area contributed by atoms with Crippen LogP contribution < -0.4 is 0 Å². The highest BCUT2D eigenvalue weighted by Crippen LogP contribution is 2.42. The average molecular weight is 107 g/mol. The summed E-state index contributed by atoms with van der Waals surface area (Å²) in [4.78, 5) is 0. The van der Waals surface area contributed by atoms with Crippen LogP contribution in [0.1, 0.15) is 13.3 Å². The second-order valence-corrected chi connectivity index (χ2v) is 2.42. The Morgan fingerprint density at radius 3 is 2.62 bits per heavy atom. The van der Waals surface area contributed by atoms with E-state index in [4.69, 9.17) is 5.26 Å². The summed E-state index contributed by atoms with van der Waals surface area (Å²) in [7, 11) is 0. The highest BCUT2D eigenvalue weighted by Gasteiger charge is 2.37. The molecule has 0 radical (unpaired) electrons. The molecule has 2 atom stereocenters. The van der Waals surface area contributed by atoms with Gasteiger partial charge < -0.3 is 0 Å². The van der Waals surface area contributed by atoms with Crippen LogP contribution in [0.3, 0.4) is 0 Å². The first-order valence-electron chi connectivity index (χ1n) is 2.80. The molecule has 8 heavy (non-hydrogen) atoms. The molecule has 0 amide bonds. The van der Waals surface area contributed by atoms with Crippen LogP contribution in [0.5, 0.6) is 0 Å². The van der Waals surface area contributed by atoms with Crippen molar-refractivity contribution in [2.45, 2.75) is 13.3 Å². The molecule has 1 heteroatoms. The van der Waals surface area contributed by atoms with Crippen LogP contribution in [0.15, 0.2) is 12.2 Å². The van der Waals surface area contributed by atoms with Gasteiger partial charge in [-0.15, -0.1) is 0 Å². The molecule has 0 aromatic heterocycles. The van der Waals surface area contributed by atoms with Gasteiger partial charge in [-0.2, -0.15) is 5.26 Å². The van der Waals surface area contributed by atoms with Gasteiger partial charge in [-0.1, -0.05) is 12.2 Å². The lowest BCUT2D eigenvalue weighted by Gasteiger charge is -1.86. The summed E-state index contributed by atoms with van der Waals surface area (Å²) >= 11 is 0. The summed E-state index contributed by atoms with van der Waals surface area (Å²) in [6, 6.07) is 2.21. The first-order chi connectivity index (χ1) is 3.75. The molecule has 1 fully saturated rings. The summed E-state index contributed by atoms with van der Waals surface area (Å²) in [5.41, 5.74) is 1.16. The van der Waals surface area contributed by atoms with Crippen molar-refractivity contribution < 1.29 is 0 Å². The lowest BCUT2D eigenvalue weighted by atomic mass is 10.2. The number of allylic oxidation sites excluding steroid dienone is 1. The molecular weight excluding hydrogens is 98.1 g/mol. The van der Waals surface area contributed by atoms with Gasteiger partial charge in [-0.25, -0.2) is 0 Å². The summed E-state index contributed by atoms with van der Waals surface area (Å²) in [6.07, 6.45) is 1.05. The molecule has 42 valence electrons. The van der Waals surface area contributed by atoms with Gasteiger partial charge in [0.05, 0.1) is 12.0 Å². The Kier molecular flexibility index (Phi) is 1.09. The summed E-state index contributed by atoms with van der Waals surface area (Å²) in [5, 5.41) is 8.33. The lowest BCUT2D eigenvalue weighted by molar-refractivity contribution is 0.938. The Balaban J connectivity index is 2.40. The van der Waals surface area contributed by atoms with Crippen LogP contribution in [0, 0.1) is 23.2 Å². The summed E-state index contributed by atoms with van der Waals surface area (Å²) in [6.45, 7) is 5.75. The SMILES string of the molecule is C=C(C)C1CC1C#N. The Hall–Kier alpha value is -0.770. The molecule has 1 saturated carbocycles. The number of rotatable bonds is 1. The van der Waals surface area contributed by atoms with E-state index in [2.05, 4.69) is 12.6 Å². The second-order valence-electron chi connectivity index (χ2n) is 2.42. The van der Waals surface area contributed by atoms with E-state index in [0.29, 0.717) is 11.8 Å². The zero-order chi connectivity index (χ0) is 6.15. The molecule has 0 saturated heterocycles. The highest BCUT2D eigenvalue weighted by atomic mass is 14.4. The molecule has 0 heterocycles. The Morgan fingerprint density at radius 1 is 1.88 bits per heavy atom. The third-order valence-corrected chi connectivity index (χ3v) is 1.59. The second kappa shape index (κ2) is 1.63. The van der Waals surface area contributed by atoms with Crippen molar-refractivity contribution in [2.75, 3.05) is 0 Å². The smallest absolute Gasteiger partial charge is 0.0662 e. The summed E-state index contributed by atoms with van der Waals surface area (Å²) < 4.78 is 0. The largest absolute Gasteiger partial charge is 0.198 e. The van der Waals surface area contributed by atoms with Crippen molar-refractivity contribution in [3.63, 3.8) is 0 Å². The van der Waals surface area contributed by atoms with Crippen molar-refractivity contribution in [2.24, 2.45) is 11.8 Å². The molecule has 1 rings (SSSR count). The molecule has 0 spiro atoms. The van der Waals surface area contributed by atoms with Crippen molar-refractivity contribution in [1.29, 1.82) is 5.26 Å². The Bertz CT molecular complexity index is 152. The van der Waals surface area contributed by atoms with Crippen LogP contribution in [-0.2, 0) is 0 Å². The maximum absolute atomic E-state index is 8.33. The van der Waals surface area contributed by atoms with Gasteiger partial charge >= 0.3 is 0 Å². The van der Waals surface area contributed by atoms with E-state index >= 15 is 0 Å².